The molecule has 4 rings (SSSR count). The van der Waals surface area contributed by atoms with Gasteiger partial charge in [0.2, 0.25) is 0 Å². The molecule has 0 amide bonds. The maximum atomic E-state index is 13.4. The van der Waals surface area contributed by atoms with Crippen molar-refractivity contribution in [2.45, 2.75) is 76.1 Å². The number of hydrogen-bond donors (Lipinski definition) is 1. The zero-order chi connectivity index (χ0) is 29.8. The second-order valence-corrected chi connectivity index (χ2v) is 13.2. The van der Waals surface area contributed by atoms with Gasteiger partial charge in [0.05, 0.1) is 19.0 Å². The van der Waals surface area contributed by atoms with Crippen LogP contribution in [-0.2, 0) is 15.5 Å². The third-order valence-electron chi connectivity index (χ3n) is 7.99. The van der Waals surface area contributed by atoms with E-state index in [4.69, 9.17) is 9.47 Å². The lowest BCUT2D eigenvalue weighted by Crippen LogP contribution is -2.23. The van der Waals surface area contributed by atoms with Crippen LogP contribution in [0.15, 0.2) is 101 Å². The molecule has 1 N–H and O–H groups in total. The molecule has 0 aliphatic heterocycles. The fourth-order valence-corrected chi connectivity index (χ4v) is 7.09. The standard InChI is InChI=1S/C36H46N2O3S/c1-5-28(24-25-37-2)18-22-34(31-20-23-35(40-3)36(26-31)41-33-16-9-10-17-33)30-14-11-15-32(21-19-30)38-42(4,39)27-29-12-7-6-8-13-29/h6-8,11-15,20-21,23-26,33-34H,4-5,9-10,16-19,22,27H2,1-3H3,(H,38,39)/b28-24+,37-25?. The van der Waals surface area contributed by atoms with Crippen molar-refractivity contribution in [3.05, 3.63) is 107 Å². The topological polar surface area (TPSA) is 59.9 Å². The second kappa shape index (κ2) is 15.6. The fraction of sp³-hybridized carbons (Fsp3) is 0.389. The Morgan fingerprint density at radius 2 is 1.95 bits per heavy atom. The number of methoxy groups -OCH3 is 1. The van der Waals surface area contributed by atoms with Crippen LogP contribution in [0.5, 0.6) is 11.5 Å². The molecule has 2 atom stereocenters. The molecule has 0 heterocycles. The van der Waals surface area contributed by atoms with Crippen molar-refractivity contribution in [2.24, 2.45) is 4.99 Å². The normalized spacial score (nSPS) is 18.2. The predicted molar refractivity (Wildman–Crippen MR) is 179 cm³/mol. The summed E-state index contributed by atoms with van der Waals surface area (Å²) in [6.07, 6.45) is 21.0. The maximum Gasteiger partial charge on any atom is 0.161 e. The van der Waals surface area contributed by atoms with Crippen LogP contribution in [-0.4, -0.2) is 36.6 Å². The monoisotopic (exact) mass is 586 g/mol. The number of allylic oxidation sites excluding steroid dienone is 7. The van der Waals surface area contributed by atoms with E-state index in [-0.39, 0.29) is 12.0 Å². The third kappa shape index (κ3) is 9.25. The van der Waals surface area contributed by atoms with Gasteiger partial charge in [0, 0.05) is 34.6 Å². The molecule has 2 aromatic carbocycles. The Labute approximate surface area is 253 Å². The van der Waals surface area contributed by atoms with E-state index in [0.717, 1.165) is 61.3 Å². The van der Waals surface area contributed by atoms with Crippen molar-refractivity contribution >= 4 is 21.8 Å². The minimum absolute atomic E-state index is 0.184. The predicted octanol–water partition coefficient (Wildman–Crippen LogP) is 8.11. The van der Waals surface area contributed by atoms with E-state index in [9.17, 15) is 4.21 Å². The highest BCUT2D eigenvalue weighted by Gasteiger charge is 2.22. The summed E-state index contributed by atoms with van der Waals surface area (Å²) in [5.41, 5.74) is 5.74. The van der Waals surface area contributed by atoms with Crippen molar-refractivity contribution in [1.29, 1.82) is 0 Å². The Morgan fingerprint density at radius 1 is 1.17 bits per heavy atom. The summed E-state index contributed by atoms with van der Waals surface area (Å²) in [6.45, 7) is 2.20. The SMILES string of the molecule is C=S(=O)(Cc1ccccc1)NC1=CCC(C(CC/C(=C/C=NC)CC)c2ccc(OC)c(OC3CCCC3)c2)=CC=C1. The summed E-state index contributed by atoms with van der Waals surface area (Å²) in [6, 6.07) is 16.3. The lowest BCUT2D eigenvalue weighted by Gasteiger charge is -2.23. The molecule has 6 heteroatoms. The molecule has 2 aromatic rings. The fourth-order valence-electron chi connectivity index (χ4n) is 5.71. The number of nitrogens with one attached hydrogen (secondary N) is 1. The average molecular weight is 587 g/mol. The summed E-state index contributed by atoms with van der Waals surface area (Å²) in [4.78, 5) is 4.16. The van der Waals surface area contributed by atoms with Gasteiger partial charge >= 0.3 is 0 Å². The Balaban J connectivity index is 1.58. The van der Waals surface area contributed by atoms with Crippen LogP contribution in [0.2, 0.25) is 0 Å². The largest absolute Gasteiger partial charge is 0.493 e. The molecule has 0 radical (unpaired) electrons. The molecule has 0 bridgehead atoms. The molecule has 0 aromatic heterocycles. The van der Waals surface area contributed by atoms with Gasteiger partial charge in [-0.1, -0.05) is 72.7 Å². The van der Waals surface area contributed by atoms with Gasteiger partial charge < -0.3 is 14.2 Å². The summed E-state index contributed by atoms with van der Waals surface area (Å²) >= 11 is 0. The number of hydrogen-bond acceptors (Lipinski definition) is 4. The van der Waals surface area contributed by atoms with Crippen LogP contribution in [0.4, 0.5) is 0 Å². The van der Waals surface area contributed by atoms with Gasteiger partial charge in [-0.3, -0.25) is 4.99 Å². The van der Waals surface area contributed by atoms with E-state index in [1.54, 1.807) is 14.2 Å². The van der Waals surface area contributed by atoms with E-state index < -0.39 is 9.71 Å². The lowest BCUT2D eigenvalue weighted by atomic mass is 9.83. The average Bonchev–Trinajstić information content (AvgIpc) is 3.40. The molecule has 1 saturated carbocycles. The Bertz CT molecular complexity index is 1430. The lowest BCUT2D eigenvalue weighted by molar-refractivity contribution is 0.200. The number of rotatable bonds is 14. The molecule has 1 fully saturated rings. The third-order valence-corrected chi connectivity index (χ3v) is 9.40. The van der Waals surface area contributed by atoms with Crippen molar-refractivity contribution in [2.75, 3.05) is 14.2 Å². The molecule has 224 valence electrons. The molecule has 0 spiro atoms. The van der Waals surface area contributed by atoms with Gasteiger partial charge in [0.25, 0.3) is 0 Å². The summed E-state index contributed by atoms with van der Waals surface area (Å²) < 4.78 is 28.7. The zero-order valence-electron chi connectivity index (χ0n) is 25.4. The molecular formula is C36H46N2O3S. The Morgan fingerprint density at radius 3 is 2.67 bits per heavy atom. The first-order valence-corrected chi connectivity index (χ1v) is 17.0. The molecule has 42 heavy (non-hydrogen) atoms. The van der Waals surface area contributed by atoms with Crippen LogP contribution in [0, 0.1) is 0 Å². The second-order valence-electron chi connectivity index (χ2n) is 11.1. The molecule has 5 nitrogen and oxygen atoms in total. The highest BCUT2D eigenvalue weighted by atomic mass is 32.2. The number of nitrogens with zero attached hydrogens (tertiary/aromatic N) is 1. The van der Waals surface area contributed by atoms with Gasteiger partial charge in [0.15, 0.2) is 11.5 Å². The van der Waals surface area contributed by atoms with Crippen LogP contribution in [0.3, 0.4) is 0 Å². The molecule has 2 aliphatic carbocycles. The van der Waals surface area contributed by atoms with Crippen LogP contribution in [0.1, 0.15) is 75.3 Å². The van der Waals surface area contributed by atoms with Crippen LogP contribution in [0.25, 0.3) is 0 Å². The zero-order valence-corrected chi connectivity index (χ0v) is 26.2. The summed E-state index contributed by atoms with van der Waals surface area (Å²) in [5, 5.41) is 0. The van der Waals surface area contributed by atoms with Crippen LogP contribution >= 0.6 is 0 Å². The van der Waals surface area contributed by atoms with Crippen molar-refractivity contribution < 1.29 is 13.7 Å². The highest BCUT2D eigenvalue weighted by Crippen LogP contribution is 2.39. The van der Waals surface area contributed by atoms with E-state index in [2.05, 4.69) is 58.9 Å². The number of aliphatic imine (C=N–C) groups is 1. The smallest absolute Gasteiger partial charge is 0.161 e. The van der Waals surface area contributed by atoms with Crippen molar-refractivity contribution in [1.82, 2.24) is 4.72 Å². The maximum absolute atomic E-state index is 13.4. The summed E-state index contributed by atoms with van der Waals surface area (Å²) in [5.74, 6) is 6.20. The summed E-state index contributed by atoms with van der Waals surface area (Å²) in [7, 11) is 0.970. The van der Waals surface area contributed by atoms with E-state index in [0.29, 0.717) is 5.75 Å². The molecule has 2 unspecified atom stereocenters. The molecule has 2 aliphatic rings. The quantitative estimate of drug-likeness (QED) is 0.180. The van der Waals surface area contributed by atoms with Crippen molar-refractivity contribution in [3.63, 3.8) is 0 Å². The highest BCUT2D eigenvalue weighted by molar-refractivity contribution is 7.97. The Hall–Kier alpha value is -3.51. The van der Waals surface area contributed by atoms with Crippen LogP contribution < -0.4 is 14.2 Å². The van der Waals surface area contributed by atoms with Gasteiger partial charge in [-0.2, -0.15) is 0 Å². The van der Waals surface area contributed by atoms with Gasteiger partial charge in [-0.25, -0.2) is 4.21 Å². The number of ether oxygens (including phenoxy) is 2. The first-order valence-electron chi connectivity index (χ1n) is 15.1. The minimum atomic E-state index is -2.54. The Kier molecular flexibility index (Phi) is 11.7. The van der Waals surface area contributed by atoms with Gasteiger partial charge in [-0.15, -0.1) is 0 Å². The van der Waals surface area contributed by atoms with E-state index in [1.807, 2.05) is 48.7 Å². The van der Waals surface area contributed by atoms with Crippen molar-refractivity contribution in [3.8, 4) is 11.5 Å². The van der Waals surface area contributed by atoms with E-state index >= 15 is 0 Å². The molecular weight excluding hydrogens is 540 g/mol. The first kappa shape index (κ1) is 31.4. The minimum Gasteiger partial charge on any atom is -0.493 e. The van der Waals surface area contributed by atoms with E-state index in [1.165, 1.54) is 29.6 Å². The first-order chi connectivity index (χ1) is 20.4. The molecule has 0 saturated heterocycles. The van der Waals surface area contributed by atoms with Gasteiger partial charge in [-0.05, 0) is 92.6 Å². The van der Waals surface area contributed by atoms with Gasteiger partial charge in [0.1, 0.15) is 0 Å². The number of benzene rings is 2.